The molecule has 2 rings (SSSR count). The van der Waals surface area contributed by atoms with E-state index in [9.17, 15) is 0 Å². The Kier molecular flexibility index (Phi) is 4.13. The second-order valence-corrected chi connectivity index (χ2v) is 4.98. The number of rotatable bonds is 5. The van der Waals surface area contributed by atoms with Crippen LogP contribution in [0.4, 0.5) is 0 Å². The number of hydrogen-bond donors (Lipinski definition) is 1. The van der Waals surface area contributed by atoms with Crippen LogP contribution in [-0.2, 0) is 11.2 Å². The van der Waals surface area contributed by atoms with Crippen molar-refractivity contribution in [2.75, 3.05) is 7.11 Å². The summed E-state index contributed by atoms with van der Waals surface area (Å²) >= 11 is 0. The fraction of sp³-hybridized carbons (Fsp3) is 0.643. The highest BCUT2D eigenvalue weighted by Crippen LogP contribution is 2.34. The summed E-state index contributed by atoms with van der Waals surface area (Å²) in [7, 11) is 1.75. The molecule has 3 unspecified atom stereocenters. The van der Waals surface area contributed by atoms with E-state index in [4.69, 9.17) is 10.5 Å². The highest BCUT2D eigenvalue weighted by atomic mass is 16.5. The quantitative estimate of drug-likeness (QED) is 0.850. The largest absolute Gasteiger partial charge is 0.382 e. The van der Waals surface area contributed by atoms with Crippen molar-refractivity contribution >= 4 is 0 Å². The zero-order valence-corrected chi connectivity index (χ0v) is 10.7. The van der Waals surface area contributed by atoms with Crippen molar-refractivity contribution in [1.82, 2.24) is 4.98 Å². The van der Waals surface area contributed by atoms with Gasteiger partial charge in [-0.25, -0.2) is 0 Å². The van der Waals surface area contributed by atoms with Gasteiger partial charge >= 0.3 is 0 Å². The Balaban J connectivity index is 1.95. The van der Waals surface area contributed by atoms with Crippen molar-refractivity contribution in [3.05, 3.63) is 29.6 Å². The molecule has 0 fully saturated rings. The Morgan fingerprint density at radius 2 is 2.35 bits per heavy atom. The van der Waals surface area contributed by atoms with Gasteiger partial charge in [0.05, 0.1) is 6.10 Å². The third-order valence-electron chi connectivity index (χ3n) is 3.83. The molecule has 3 heteroatoms. The SMILES string of the molecule is COC(C)CCC(N)C1CCc2cccnc21. The van der Waals surface area contributed by atoms with Crippen LogP contribution in [0.2, 0.25) is 0 Å². The van der Waals surface area contributed by atoms with Crippen LogP contribution < -0.4 is 5.73 Å². The van der Waals surface area contributed by atoms with Crippen molar-refractivity contribution in [3.8, 4) is 0 Å². The molecule has 0 radical (unpaired) electrons. The number of fused-ring (bicyclic) bond motifs is 1. The summed E-state index contributed by atoms with van der Waals surface area (Å²) in [6, 6.07) is 4.40. The monoisotopic (exact) mass is 234 g/mol. The lowest BCUT2D eigenvalue weighted by Crippen LogP contribution is -2.28. The maximum absolute atomic E-state index is 6.30. The van der Waals surface area contributed by atoms with Crippen LogP contribution in [0.5, 0.6) is 0 Å². The average Bonchev–Trinajstić information content (AvgIpc) is 2.79. The Morgan fingerprint density at radius 1 is 1.53 bits per heavy atom. The van der Waals surface area contributed by atoms with Crippen molar-refractivity contribution < 1.29 is 4.74 Å². The topological polar surface area (TPSA) is 48.1 Å². The highest BCUT2D eigenvalue weighted by molar-refractivity contribution is 5.29. The molecule has 0 aliphatic heterocycles. The van der Waals surface area contributed by atoms with E-state index in [1.807, 2.05) is 12.3 Å². The molecule has 3 nitrogen and oxygen atoms in total. The number of methoxy groups -OCH3 is 1. The van der Waals surface area contributed by atoms with Crippen LogP contribution in [0, 0.1) is 0 Å². The summed E-state index contributed by atoms with van der Waals surface area (Å²) in [6.45, 7) is 2.09. The fourth-order valence-corrected chi connectivity index (χ4v) is 2.61. The third kappa shape index (κ3) is 2.85. The number of ether oxygens (including phenoxy) is 1. The van der Waals surface area contributed by atoms with Gasteiger partial charge in [-0.3, -0.25) is 4.98 Å². The summed E-state index contributed by atoms with van der Waals surface area (Å²) in [5, 5.41) is 0. The summed E-state index contributed by atoms with van der Waals surface area (Å²) < 4.78 is 5.26. The fourth-order valence-electron chi connectivity index (χ4n) is 2.61. The van der Waals surface area contributed by atoms with Gasteiger partial charge in [0.1, 0.15) is 0 Å². The molecular formula is C14H22N2O. The first-order valence-corrected chi connectivity index (χ1v) is 6.44. The van der Waals surface area contributed by atoms with Gasteiger partial charge in [-0.2, -0.15) is 0 Å². The molecule has 94 valence electrons. The van der Waals surface area contributed by atoms with Gasteiger partial charge in [0.2, 0.25) is 0 Å². The van der Waals surface area contributed by atoms with Crippen LogP contribution in [0.15, 0.2) is 18.3 Å². The molecule has 17 heavy (non-hydrogen) atoms. The van der Waals surface area contributed by atoms with Crippen molar-refractivity contribution in [2.45, 2.75) is 50.7 Å². The van der Waals surface area contributed by atoms with Crippen LogP contribution in [-0.4, -0.2) is 24.2 Å². The van der Waals surface area contributed by atoms with E-state index in [2.05, 4.69) is 18.0 Å². The highest BCUT2D eigenvalue weighted by Gasteiger charge is 2.28. The number of aryl methyl sites for hydroxylation is 1. The zero-order valence-electron chi connectivity index (χ0n) is 10.7. The molecule has 0 amide bonds. The molecule has 0 saturated heterocycles. The van der Waals surface area contributed by atoms with Gasteiger partial charge in [-0.15, -0.1) is 0 Å². The van der Waals surface area contributed by atoms with Gasteiger partial charge in [0.25, 0.3) is 0 Å². The first-order chi connectivity index (χ1) is 8.22. The lowest BCUT2D eigenvalue weighted by molar-refractivity contribution is 0.106. The predicted octanol–water partition coefficient (Wildman–Crippen LogP) is 2.25. The molecule has 2 N–H and O–H groups in total. The molecular weight excluding hydrogens is 212 g/mol. The van der Waals surface area contributed by atoms with Crippen LogP contribution in [0.3, 0.4) is 0 Å². The minimum Gasteiger partial charge on any atom is -0.382 e. The van der Waals surface area contributed by atoms with E-state index in [1.165, 1.54) is 11.3 Å². The van der Waals surface area contributed by atoms with Crippen LogP contribution in [0.1, 0.15) is 43.4 Å². The Labute approximate surface area is 103 Å². The number of pyridine rings is 1. The number of aromatic nitrogens is 1. The molecule has 0 saturated carbocycles. The number of hydrogen-bond acceptors (Lipinski definition) is 3. The Hall–Kier alpha value is -0.930. The average molecular weight is 234 g/mol. The van der Waals surface area contributed by atoms with E-state index in [-0.39, 0.29) is 6.04 Å². The van der Waals surface area contributed by atoms with Gasteiger partial charge in [-0.05, 0) is 44.2 Å². The molecule has 0 bridgehead atoms. The van der Waals surface area contributed by atoms with Crippen LogP contribution >= 0.6 is 0 Å². The van der Waals surface area contributed by atoms with E-state index < -0.39 is 0 Å². The second kappa shape index (κ2) is 5.61. The number of nitrogens with zero attached hydrogens (tertiary/aromatic N) is 1. The van der Waals surface area contributed by atoms with Crippen LogP contribution in [0.25, 0.3) is 0 Å². The summed E-state index contributed by atoms with van der Waals surface area (Å²) in [5.74, 6) is 0.440. The Morgan fingerprint density at radius 3 is 3.12 bits per heavy atom. The minimum absolute atomic E-state index is 0.212. The molecule has 1 aliphatic rings. The van der Waals surface area contributed by atoms with E-state index in [0.717, 1.165) is 25.7 Å². The van der Waals surface area contributed by atoms with Gasteiger partial charge in [0.15, 0.2) is 0 Å². The molecule has 3 atom stereocenters. The molecule has 1 aromatic rings. The van der Waals surface area contributed by atoms with Gasteiger partial charge < -0.3 is 10.5 Å². The van der Waals surface area contributed by atoms with Crippen molar-refractivity contribution in [1.29, 1.82) is 0 Å². The number of nitrogens with two attached hydrogens (primary N) is 1. The zero-order chi connectivity index (χ0) is 12.3. The summed E-state index contributed by atoms with van der Waals surface area (Å²) in [5.41, 5.74) is 8.91. The second-order valence-electron chi connectivity index (χ2n) is 4.98. The summed E-state index contributed by atoms with van der Waals surface area (Å²) in [4.78, 5) is 4.50. The normalized spacial score (nSPS) is 22.2. The smallest absolute Gasteiger partial charge is 0.0543 e. The van der Waals surface area contributed by atoms with Gasteiger partial charge in [-0.1, -0.05) is 6.07 Å². The Bertz CT molecular complexity index is 367. The lowest BCUT2D eigenvalue weighted by atomic mass is 9.93. The molecule has 1 aromatic heterocycles. The van der Waals surface area contributed by atoms with E-state index in [1.54, 1.807) is 7.11 Å². The molecule has 0 aromatic carbocycles. The minimum atomic E-state index is 0.212. The molecule has 1 heterocycles. The molecule has 0 spiro atoms. The van der Waals surface area contributed by atoms with Crippen molar-refractivity contribution in [2.24, 2.45) is 5.73 Å². The van der Waals surface area contributed by atoms with E-state index in [0.29, 0.717) is 12.0 Å². The lowest BCUT2D eigenvalue weighted by Gasteiger charge is -2.20. The van der Waals surface area contributed by atoms with E-state index >= 15 is 0 Å². The maximum Gasteiger partial charge on any atom is 0.0543 e. The molecule has 1 aliphatic carbocycles. The third-order valence-corrected chi connectivity index (χ3v) is 3.83. The van der Waals surface area contributed by atoms with Gasteiger partial charge in [0, 0.05) is 31.0 Å². The standard InChI is InChI=1S/C14H22N2O/c1-10(17-2)5-8-13(15)12-7-6-11-4-3-9-16-14(11)12/h3-4,9-10,12-13H,5-8,15H2,1-2H3. The first-order valence-electron chi connectivity index (χ1n) is 6.44. The maximum atomic E-state index is 6.30. The van der Waals surface area contributed by atoms with Crippen molar-refractivity contribution in [3.63, 3.8) is 0 Å². The summed E-state index contributed by atoms with van der Waals surface area (Å²) in [6.07, 6.45) is 6.48. The predicted molar refractivity (Wildman–Crippen MR) is 69.0 cm³/mol. The first kappa shape index (κ1) is 12.5.